The van der Waals surface area contributed by atoms with Gasteiger partial charge in [-0.2, -0.15) is 0 Å². The second kappa shape index (κ2) is 4.09. The number of benzene rings is 1. The van der Waals surface area contributed by atoms with Crippen molar-refractivity contribution >= 4 is 35.0 Å². The van der Waals surface area contributed by atoms with Crippen LogP contribution in [0.3, 0.4) is 0 Å². The van der Waals surface area contributed by atoms with E-state index in [1.54, 1.807) is 0 Å². The Balaban J connectivity index is 2.19. The van der Waals surface area contributed by atoms with Crippen LogP contribution in [-0.2, 0) is 5.41 Å². The van der Waals surface area contributed by atoms with Crippen molar-refractivity contribution in [1.29, 1.82) is 0 Å². The van der Waals surface area contributed by atoms with Gasteiger partial charge in [0.25, 0.3) is 0 Å². The van der Waals surface area contributed by atoms with E-state index < -0.39 is 0 Å². The first-order valence-corrected chi connectivity index (χ1v) is 7.29. The molecule has 0 radical (unpaired) electrons. The number of hydrogen-bond acceptors (Lipinski definition) is 2. The van der Waals surface area contributed by atoms with Gasteiger partial charge in [0.1, 0.15) is 0 Å². The molecule has 2 aliphatic rings. The fourth-order valence-corrected chi connectivity index (χ4v) is 4.72. The van der Waals surface area contributed by atoms with Crippen molar-refractivity contribution in [2.45, 2.75) is 23.2 Å². The largest absolute Gasteiger partial charge is 0.316 e. The Morgan fingerprint density at radius 2 is 2.12 bits per heavy atom. The first kappa shape index (κ1) is 11.2. The summed E-state index contributed by atoms with van der Waals surface area (Å²) in [6.45, 7) is 2.13. The van der Waals surface area contributed by atoms with Gasteiger partial charge in [-0.05, 0) is 42.8 Å². The third-order valence-electron chi connectivity index (χ3n) is 3.67. The second-order valence-corrected chi connectivity index (χ2v) is 6.46. The molecule has 1 aromatic carbocycles. The topological polar surface area (TPSA) is 12.0 Å². The number of hydrogen-bond donors (Lipinski definition) is 1. The van der Waals surface area contributed by atoms with Gasteiger partial charge in [0.05, 0.1) is 10.0 Å². The molecule has 1 fully saturated rings. The Bertz CT molecular complexity index is 427. The molecule has 0 aromatic heterocycles. The van der Waals surface area contributed by atoms with Crippen LogP contribution in [0.15, 0.2) is 17.0 Å². The molecule has 1 atom stereocenters. The van der Waals surface area contributed by atoms with Crippen molar-refractivity contribution in [3.8, 4) is 0 Å². The average Bonchev–Trinajstić information content (AvgIpc) is 2.73. The predicted molar refractivity (Wildman–Crippen MR) is 71.0 cm³/mol. The smallest absolute Gasteiger partial charge is 0.0641 e. The van der Waals surface area contributed by atoms with E-state index in [4.69, 9.17) is 23.2 Å². The average molecular weight is 274 g/mol. The molecule has 16 heavy (non-hydrogen) atoms. The summed E-state index contributed by atoms with van der Waals surface area (Å²) in [5.41, 5.74) is 1.53. The molecule has 2 aliphatic heterocycles. The minimum Gasteiger partial charge on any atom is -0.316 e. The van der Waals surface area contributed by atoms with Gasteiger partial charge in [0.2, 0.25) is 0 Å². The van der Waals surface area contributed by atoms with Crippen molar-refractivity contribution in [3.63, 3.8) is 0 Å². The fraction of sp³-hybridized carbons (Fsp3) is 0.500. The minimum absolute atomic E-state index is 0.239. The van der Waals surface area contributed by atoms with E-state index in [-0.39, 0.29) is 5.41 Å². The maximum absolute atomic E-state index is 6.41. The highest BCUT2D eigenvalue weighted by Gasteiger charge is 2.41. The molecule has 1 N–H and O–H groups in total. The van der Waals surface area contributed by atoms with Crippen LogP contribution in [0.25, 0.3) is 0 Å². The molecule has 86 valence electrons. The molecule has 1 saturated heterocycles. The number of rotatable bonds is 0. The standard InChI is InChI=1S/C12H13Cl2NS/c13-8-1-2-9-10(11(8)14)12(4-6-16-9)3-5-15-7-12/h1-2,15H,3-7H2. The highest BCUT2D eigenvalue weighted by Crippen LogP contribution is 2.49. The van der Waals surface area contributed by atoms with Crippen LogP contribution < -0.4 is 5.32 Å². The van der Waals surface area contributed by atoms with Gasteiger partial charge in [-0.25, -0.2) is 0 Å². The number of fused-ring (bicyclic) bond motifs is 2. The molecular formula is C12H13Cl2NS. The molecule has 0 saturated carbocycles. The quantitative estimate of drug-likeness (QED) is 0.773. The maximum Gasteiger partial charge on any atom is 0.0641 e. The van der Waals surface area contributed by atoms with Crippen molar-refractivity contribution in [2.75, 3.05) is 18.8 Å². The van der Waals surface area contributed by atoms with Crippen molar-refractivity contribution in [2.24, 2.45) is 0 Å². The highest BCUT2D eigenvalue weighted by molar-refractivity contribution is 7.99. The monoisotopic (exact) mass is 273 g/mol. The van der Waals surface area contributed by atoms with Gasteiger partial charge in [-0.15, -0.1) is 11.8 Å². The predicted octanol–water partition coefficient (Wildman–Crippen LogP) is 3.72. The molecule has 1 aromatic rings. The van der Waals surface area contributed by atoms with E-state index in [0.29, 0.717) is 5.02 Å². The molecule has 4 heteroatoms. The van der Waals surface area contributed by atoms with E-state index in [2.05, 4.69) is 11.4 Å². The lowest BCUT2D eigenvalue weighted by molar-refractivity contribution is 0.444. The number of thioether (sulfide) groups is 1. The van der Waals surface area contributed by atoms with Gasteiger partial charge in [-0.1, -0.05) is 23.2 Å². The highest BCUT2D eigenvalue weighted by atomic mass is 35.5. The molecular weight excluding hydrogens is 261 g/mol. The summed E-state index contributed by atoms with van der Waals surface area (Å²) < 4.78 is 0. The van der Waals surface area contributed by atoms with Crippen molar-refractivity contribution in [3.05, 3.63) is 27.7 Å². The van der Waals surface area contributed by atoms with E-state index in [1.807, 2.05) is 17.8 Å². The third kappa shape index (κ3) is 1.59. The van der Waals surface area contributed by atoms with E-state index >= 15 is 0 Å². The van der Waals surface area contributed by atoms with Gasteiger partial charge >= 0.3 is 0 Å². The Labute approximate surface area is 110 Å². The lowest BCUT2D eigenvalue weighted by Gasteiger charge is -2.35. The summed E-state index contributed by atoms with van der Waals surface area (Å²) in [5.74, 6) is 1.19. The molecule has 3 rings (SSSR count). The van der Waals surface area contributed by atoms with E-state index in [0.717, 1.165) is 18.1 Å². The molecule has 1 nitrogen and oxygen atoms in total. The Morgan fingerprint density at radius 3 is 2.88 bits per heavy atom. The summed E-state index contributed by atoms with van der Waals surface area (Å²) in [4.78, 5) is 1.32. The Hall–Kier alpha value is 0.110. The van der Waals surface area contributed by atoms with Gasteiger partial charge < -0.3 is 5.32 Å². The maximum atomic E-state index is 6.41. The van der Waals surface area contributed by atoms with Gasteiger partial charge in [0.15, 0.2) is 0 Å². The Kier molecular flexibility index (Phi) is 2.87. The second-order valence-electron chi connectivity index (χ2n) is 4.54. The zero-order chi connectivity index (χ0) is 11.2. The summed E-state index contributed by atoms with van der Waals surface area (Å²) in [7, 11) is 0. The molecule has 0 amide bonds. The van der Waals surface area contributed by atoms with Crippen LogP contribution in [0.5, 0.6) is 0 Å². The molecule has 1 spiro atoms. The van der Waals surface area contributed by atoms with Crippen LogP contribution >= 0.6 is 35.0 Å². The van der Waals surface area contributed by atoms with Crippen LogP contribution in [0, 0.1) is 0 Å². The van der Waals surface area contributed by atoms with Crippen LogP contribution in [0.1, 0.15) is 18.4 Å². The van der Waals surface area contributed by atoms with Crippen LogP contribution in [-0.4, -0.2) is 18.8 Å². The molecule has 2 heterocycles. The van der Waals surface area contributed by atoms with E-state index in [9.17, 15) is 0 Å². The molecule has 1 unspecified atom stereocenters. The van der Waals surface area contributed by atoms with Crippen LogP contribution in [0.4, 0.5) is 0 Å². The number of nitrogens with one attached hydrogen (secondary N) is 1. The minimum atomic E-state index is 0.239. The van der Waals surface area contributed by atoms with E-state index in [1.165, 1.54) is 29.1 Å². The normalized spacial score (nSPS) is 28.4. The summed E-state index contributed by atoms with van der Waals surface area (Å²) in [6, 6.07) is 4.03. The van der Waals surface area contributed by atoms with Crippen molar-refractivity contribution < 1.29 is 0 Å². The summed E-state index contributed by atoms with van der Waals surface area (Å²) in [6.07, 6.45) is 2.39. The van der Waals surface area contributed by atoms with Crippen molar-refractivity contribution in [1.82, 2.24) is 5.32 Å². The first-order valence-electron chi connectivity index (χ1n) is 5.55. The molecule has 0 bridgehead atoms. The zero-order valence-electron chi connectivity index (χ0n) is 8.85. The Morgan fingerprint density at radius 1 is 1.25 bits per heavy atom. The first-order chi connectivity index (χ1) is 7.73. The third-order valence-corrected chi connectivity index (χ3v) is 5.53. The summed E-state index contributed by atoms with van der Waals surface area (Å²) in [5, 5.41) is 4.92. The SMILES string of the molecule is Clc1ccc2c(c1Cl)C1(CCNC1)CCS2. The van der Waals surface area contributed by atoms with Crippen LogP contribution in [0.2, 0.25) is 10.0 Å². The molecule has 0 aliphatic carbocycles. The fourth-order valence-electron chi connectivity index (χ4n) is 2.80. The van der Waals surface area contributed by atoms with Gasteiger partial charge in [-0.3, -0.25) is 0 Å². The lowest BCUT2D eigenvalue weighted by Crippen LogP contribution is -2.33. The number of halogens is 2. The zero-order valence-corrected chi connectivity index (χ0v) is 11.2. The summed E-state index contributed by atoms with van der Waals surface area (Å²) >= 11 is 14.5. The lowest BCUT2D eigenvalue weighted by atomic mass is 9.77. The van der Waals surface area contributed by atoms with Gasteiger partial charge in [0, 0.05) is 16.9 Å².